The SMILES string of the molecule is C[NH+](CC(=O)Nc1ccccc1)Cc1nc2ccccc2s1. The normalized spacial score (nSPS) is 12.2. The summed E-state index contributed by atoms with van der Waals surface area (Å²) in [7, 11) is 2.01. The van der Waals surface area contributed by atoms with E-state index in [2.05, 4.69) is 16.4 Å². The Balaban J connectivity index is 1.57. The highest BCUT2D eigenvalue weighted by Crippen LogP contribution is 2.20. The number of anilines is 1. The molecule has 2 aromatic carbocycles. The molecular formula is C17H18N3OS+. The minimum Gasteiger partial charge on any atom is -0.324 e. The van der Waals surface area contributed by atoms with Gasteiger partial charge >= 0.3 is 0 Å². The summed E-state index contributed by atoms with van der Waals surface area (Å²) in [4.78, 5) is 17.8. The zero-order valence-corrected chi connectivity index (χ0v) is 13.2. The van der Waals surface area contributed by atoms with Crippen molar-refractivity contribution in [2.75, 3.05) is 18.9 Å². The molecule has 0 saturated heterocycles. The van der Waals surface area contributed by atoms with Crippen molar-refractivity contribution < 1.29 is 9.69 Å². The number of likely N-dealkylation sites (N-methyl/N-ethyl adjacent to an activating group) is 1. The van der Waals surface area contributed by atoms with Crippen molar-refractivity contribution in [3.05, 3.63) is 59.6 Å². The second kappa shape index (κ2) is 6.68. The number of para-hydroxylation sites is 2. The molecule has 112 valence electrons. The van der Waals surface area contributed by atoms with E-state index in [0.717, 1.165) is 27.7 Å². The lowest BCUT2D eigenvalue weighted by molar-refractivity contribution is -0.885. The van der Waals surface area contributed by atoms with Crippen LogP contribution in [0.15, 0.2) is 54.6 Å². The Hall–Kier alpha value is -2.24. The van der Waals surface area contributed by atoms with E-state index >= 15 is 0 Å². The van der Waals surface area contributed by atoms with Crippen LogP contribution in [-0.2, 0) is 11.3 Å². The number of quaternary nitrogens is 1. The summed E-state index contributed by atoms with van der Waals surface area (Å²) in [5.41, 5.74) is 1.87. The molecule has 2 N–H and O–H groups in total. The highest BCUT2D eigenvalue weighted by molar-refractivity contribution is 7.18. The number of carbonyl (C=O) groups excluding carboxylic acids is 1. The highest BCUT2D eigenvalue weighted by Gasteiger charge is 2.13. The topological polar surface area (TPSA) is 46.4 Å². The van der Waals surface area contributed by atoms with Crippen LogP contribution in [0.2, 0.25) is 0 Å². The van der Waals surface area contributed by atoms with Crippen LogP contribution in [0, 0.1) is 0 Å². The first-order valence-electron chi connectivity index (χ1n) is 7.21. The fourth-order valence-electron chi connectivity index (χ4n) is 2.32. The lowest BCUT2D eigenvalue weighted by Crippen LogP contribution is -3.08. The molecule has 5 heteroatoms. The summed E-state index contributed by atoms with van der Waals surface area (Å²) in [5, 5.41) is 3.97. The number of hydrogen-bond donors (Lipinski definition) is 2. The molecule has 0 fully saturated rings. The summed E-state index contributed by atoms with van der Waals surface area (Å²) < 4.78 is 1.19. The molecule has 0 radical (unpaired) electrons. The summed E-state index contributed by atoms with van der Waals surface area (Å²) in [6, 6.07) is 17.6. The van der Waals surface area contributed by atoms with Crippen LogP contribution in [0.25, 0.3) is 10.2 Å². The van der Waals surface area contributed by atoms with Gasteiger partial charge in [-0.1, -0.05) is 30.3 Å². The molecule has 4 nitrogen and oxygen atoms in total. The molecular weight excluding hydrogens is 294 g/mol. The minimum atomic E-state index is 0.0183. The van der Waals surface area contributed by atoms with Gasteiger partial charge in [-0.15, -0.1) is 11.3 Å². The van der Waals surface area contributed by atoms with E-state index in [4.69, 9.17) is 0 Å². The molecule has 1 amide bonds. The molecule has 1 heterocycles. The number of rotatable bonds is 5. The zero-order chi connectivity index (χ0) is 15.4. The number of carbonyl (C=O) groups is 1. The molecule has 0 aliphatic heterocycles. The molecule has 0 saturated carbocycles. The van der Waals surface area contributed by atoms with Crippen LogP contribution in [-0.4, -0.2) is 24.5 Å². The quantitative estimate of drug-likeness (QED) is 0.756. The first-order valence-corrected chi connectivity index (χ1v) is 8.03. The lowest BCUT2D eigenvalue weighted by atomic mass is 10.3. The van der Waals surface area contributed by atoms with Gasteiger partial charge in [0.15, 0.2) is 6.54 Å². The van der Waals surface area contributed by atoms with Gasteiger partial charge in [0, 0.05) is 5.69 Å². The van der Waals surface area contributed by atoms with Gasteiger partial charge in [-0.2, -0.15) is 0 Å². The molecule has 1 unspecified atom stereocenters. The Bertz CT molecular complexity index is 737. The van der Waals surface area contributed by atoms with Gasteiger partial charge in [0.05, 0.1) is 17.3 Å². The van der Waals surface area contributed by atoms with Crippen LogP contribution < -0.4 is 10.2 Å². The number of fused-ring (bicyclic) bond motifs is 1. The molecule has 0 spiro atoms. The maximum atomic E-state index is 12.0. The number of amides is 1. The van der Waals surface area contributed by atoms with Crippen molar-refractivity contribution in [1.29, 1.82) is 0 Å². The van der Waals surface area contributed by atoms with Crippen LogP contribution in [0.4, 0.5) is 5.69 Å². The van der Waals surface area contributed by atoms with E-state index in [1.807, 2.05) is 55.6 Å². The third-order valence-electron chi connectivity index (χ3n) is 3.31. The van der Waals surface area contributed by atoms with Crippen molar-refractivity contribution in [2.24, 2.45) is 0 Å². The number of nitrogens with one attached hydrogen (secondary N) is 2. The summed E-state index contributed by atoms with van der Waals surface area (Å²) in [6.07, 6.45) is 0. The molecule has 3 rings (SSSR count). The maximum Gasteiger partial charge on any atom is 0.279 e. The van der Waals surface area contributed by atoms with Gasteiger partial charge in [-0.3, -0.25) is 4.79 Å². The minimum absolute atomic E-state index is 0.0183. The maximum absolute atomic E-state index is 12.0. The fourth-order valence-corrected chi connectivity index (χ4v) is 3.40. The average Bonchev–Trinajstić information content (AvgIpc) is 2.89. The zero-order valence-electron chi connectivity index (χ0n) is 12.4. The molecule has 0 aliphatic rings. The van der Waals surface area contributed by atoms with Crippen molar-refractivity contribution in [1.82, 2.24) is 4.98 Å². The molecule has 1 aromatic heterocycles. The predicted molar refractivity (Wildman–Crippen MR) is 90.1 cm³/mol. The van der Waals surface area contributed by atoms with E-state index < -0.39 is 0 Å². The van der Waals surface area contributed by atoms with Crippen molar-refractivity contribution in [3.8, 4) is 0 Å². The molecule has 1 atom stereocenters. The Morgan fingerprint density at radius 1 is 1.14 bits per heavy atom. The van der Waals surface area contributed by atoms with Crippen molar-refractivity contribution in [2.45, 2.75) is 6.54 Å². The van der Waals surface area contributed by atoms with Crippen molar-refractivity contribution >= 4 is 33.1 Å². The molecule has 22 heavy (non-hydrogen) atoms. The smallest absolute Gasteiger partial charge is 0.279 e. The van der Waals surface area contributed by atoms with Gasteiger partial charge in [0.25, 0.3) is 5.91 Å². The van der Waals surface area contributed by atoms with Crippen LogP contribution in [0.3, 0.4) is 0 Å². The second-order valence-electron chi connectivity index (χ2n) is 5.30. The Labute approximate surface area is 133 Å². The lowest BCUT2D eigenvalue weighted by Gasteiger charge is -2.12. The number of hydrogen-bond acceptors (Lipinski definition) is 3. The molecule has 3 aromatic rings. The van der Waals surface area contributed by atoms with Gasteiger partial charge in [-0.25, -0.2) is 4.98 Å². The summed E-state index contributed by atoms with van der Waals surface area (Å²) in [5.74, 6) is 0.0183. The van der Waals surface area contributed by atoms with Gasteiger partial charge in [0.2, 0.25) is 0 Å². The van der Waals surface area contributed by atoms with E-state index in [0.29, 0.717) is 6.54 Å². The first-order chi connectivity index (χ1) is 10.7. The summed E-state index contributed by atoms with van der Waals surface area (Å²) >= 11 is 1.69. The monoisotopic (exact) mass is 312 g/mol. The van der Waals surface area contributed by atoms with Gasteiger partial charge in [0.1, 0.15) is 11.6 Å². The third kappa shape index (κ3) is 3.69. The predicted octanol–water partition coefficient (Wildman–Crippen LogP) is 1.95. The van der Waals surface area contributed by atoms with E-state index in [9.17, 15) is 4.79 Å². The van der Waals surface area contributed by atoms with Gasteiger partial charge in [-0.05, 0) is 24.3 Å². The number of benzene rings is 2. The number of nitrogens with zero attached hydrogens (tertiary/aromatic N) is 1. The molecule has 0 aliphatic carbocycles. The standard InChI is InChI=1S/C17H17N3OS/c1-20(11-16(21)18-13-7-3-2-4-8-13)12-17-19-14-9-5-6-10-15(14)22-17/h2-10H,11-12H2,1H3,(H,18,21)/p+1. The van der Waals surface area contributed by atoms with Crippen LogP contribution in [0.1, 0.15) is 5.01 Å². The highest BCUT2D eigenvalue weighted by atomic mass is 32.1. The Morgan fingerprint density at radius 2 is 1.86 bits per heavy atom. The van der Waals surface area contributed by atoms with Crippen molar-refractivity contribution in [3.63, 3.8) is 0 Å². The van der Waals surface area contributed by atoms with Crippen LogP contribution >= 0.6 is 11.3 Å². The van der Waals surface area contributed by atoms with Crippen LogP contribution in [0.5, 0.6) is 0 Å². The third-order valence-corrected chi connectivity index (χ3v) is 4.35. The number of aromatic nitrogens is 1. The Morgan fingerprint density at radius 3 is 2.64 bits per heavy atom. The molecule has 0 bridgehead atoms. The first kappa shape index (κ1) is 14.7. The van der Waals surface area contributed by atoms with E-state index in [1.54, 1.807) is 11.3 Å². The average molecular weight is 312 g/mol. The largest absolute Gasteiger partial charge is 0.324 e. The van der Waals surface area contributed by atoms with E-state index in [1.165, 1.54) is 4.70 Å². The Kier molecular flexibility index (Phi) is 4.46. The fraction of sp³-hybridized carbons (Fsp3) is 0.176. The van der Waals surface area contributed by atoms with E-state index in [-0.39, 0.29) is 5.91 Å². The number of thiazole rings is 1. The summed E-state index contributed by atoms with van der Waals surface area (Å²) in [6.45, 7) is 1.17. The second-order valence-corrected chi connectivity index (χ2v) is 6.42. The van der Waals surface area contributed by atoms with Gasteiger partial charge < -0.3 is 10.2 Å².